The Balaban J connectivity index is 2.32. The summed E-state index contributed by atoms with van der Waals surface area (Å²) < 4.78 is 26.8. The summed E-state index contributed by atoms with van der Waals surface area (Å²) in [5.41, 5.74) is 1.13. The summed E-state index contributed by atoms with van der Waals surface area (Å²) in [7, 11) is -3.75. The number of nitrogens with zero attached hydrogens (tertiary/aromatic N) is 4. The fourth-order valence-electron chi connectivity index (χ4n) is 2.00. The highest BCUT2D eigenvalue weighted by atomic mass is 32.2. The number of pyridine rings is 1. The Labute approximate surface area is 135 Å². The number of hydrogen-bond donors (Lipinski definition) is 0. The van der Waals surface area contributed by atoms with Gasteiger partial charge in [-0.15, -0.1) is 0 Å². The van der Waals surface area contributed by atoms with Gasteiger partial charge in [0.25, 0.3) is 0 Å². The minimum absolute atomic E-state index is 0.0910. The SMILES string of the molecule is N#CCCN(Cc1cccnc1)S(=O)(=O)c1ccc(C#N)cc1. The van der Waals surface area contributed by atoms with Crippen molar-refractivity contribution in [3.63, 3.8) is 0 Å². The van der Waals surface area contributed by atoms with Crippen molar-refractivity contribution in [2.24, 2.45) is 0 Å². The van der Waals surface area contributed by atoms with E-state index in [9.17, 15) is 8.42 Å². The van der Waals surface area contributed by atoms with Gasteiger partial charge in [0.15, 0.2) is 0 Å². The fraction of sp³-hybridized carbons (Fsp3) is 0.188. The zero-order chi connectivity index (χ0) is 16.7. The first-order chi connectivity index (χ1) is 11.1. The van der Waals surface area contributed by atoms with Crippen molar-refractivity contribution >= 4 is 10.0 Å². The third-order valence-electron chi connectivity index (χ3n) is 3.18. The average Bonchev–Trinajstić information content (AvgIpc) is 2.59. The third-order valence-corrected chi connectivity index (χ3v) is 5.04. The lowest BCUT2D eigenvalue weighted by molar-refractivity contribution is 0.413. The predicted octanol–water partition coefficient (Wildman–Crippen LogP) is 2.06. The maximum absolute atomic E-state index is 12.8. The molecule has 116 valence electrons. The topological polar surface area (TPSA) is 97.8 Å². The number of nitriles is 2. The van der Waals surface area contributed by atoms with E-state index in [-0.39, 0.29) is 24.4 Å². The summed E-state index contributed by atoms with van der Waals surface area (Å²) in [6.07, 6.45) is 3.29. The number of hydrogen-bond acceptors (Lipinski definition) is 5. The largest absolute Gasteiger partial charge is 0.264 e. The van der Waals surface area contributed by atoms with Crippen LogP contribution in [0.15, 0.2) is 53.7 Å². The maximum atomic E-state index is 12.8. The zero-order valence-electron chi connectivity index (χ0n) is 12.3. The van der Waals surface area contributed by atoms with Crippen LogP contribution in [0.25, 0.3) is 0 Å². The second-order valence-electron chi connectivity index (χ2n) is 4.74. The smallest absolute Gasteiger partial charge is 0.243 e. The Morgan fingerprint density at radius 1 is 1.13 bits per heavy atom. The second-order valence-corrected chi connectivity index (χ2v) is 6.68. The van der Waals surface area contributed by atoms with Gasteiger partial charge in [0.2, 0.25) is 10.0 Å². The molecule has 1 aromatic carbocycles. The molecule has 0 aliphatic heterocycles. The van der Waals surface area contributed by atoms with E-state index in [2.05, 4.69) is 4.98 Å². The van der Waals surface area contributed by atoms with Gasteiger partial charge in [0, 0.05) is 31.9 Å². The van der Waals surface area contributed by atoms with E-state index in [4.69, 9.17) is 10.5 Å². The van der Waals surface area contributed by atoms with Crippen LogP contribution in [0.3, 0.4) is 0 Å². The van der Waals surface area contributed by atoms with Gasteiger partial charge in [-0.05, 0) is 35.9 Å². The Bertz CT molecular complexity index is 834. The molecule has 0 radical (unpaired) electrons. The minimum atomic E-state index is -3.75. The molecule has 2 rings (SSSR count). The number of sulfonamides is 1. The van der Waals surface area contributed by atoms with Crippen LogP contribution in [-0.2, 0) is 16.6 Å². The Morgan fingerprint density at radius 3 is 2.43 bits per heavy atom. The molecule has 0 aliphatic carbocycles. The van der Waals surface area contributed by atoms with Gasteiger partial charge < -0.3 is 0 Å². The number of benzene rings is 1. The molecule has 0 saturated heterocycles. The molecule has 0 saturated carbocycles. The van der Waals surface area contributed by atoms with Crippen molar-refractivity contribution < 1.29 is 8.42 Å². The second kappa shape index (κ2) is 7.50. The van der Waals surface area contributed by atoms with E-state index in [1.165, 1.54) is 28.6 Å². The van der Waals surface area contributed by atoms with Crippen LogP contribution in [0.2, 0.25) is 0 Å². The van der Waals surface area contributed by atoms with Crippen LogP contribution in [-0.4, -0.2) is 24.3 Å². The summed E-state index contributed by atoms with van der Waals surface area (Å²) in [6.45, 7) is 0.228. The molecule has 0 spiro atoms. The van der Waals surface area contributed by atoms with Gasteiger partial charge in [0.1, 0.15) is 0 Å². The van der Waals surface area contributed by atoms with E-state index >= 15 is 0 Å². The standard InChI is InChI=1S/C16H14N4O2S/c17-8-2-10-20(13-15-3-1-9-19-12-15)23(21,22)16-6-4-14(11-18)5-7-16/h1,3-7,9,12H,2,10,13H2. The van der Waals surface area contributed by atoms with Crippen LogP contribution in [0, 0.1) is 22.7 Å². The van der Waals surface area contributed by atoms with Crippen LogP contribution < -0.4 is 0 Å². The molecular formula is C16H14N4O2S. The summed E-state index contributed by atoms with van der Waals surface area (Å²) in [5, 5.41) is 17.6. The summed E-state index contributed by atoms with van der Waals surface area (Å²) in [4.78, 5) is 4.07. The molecular weight excluding hydrogens is 312 g/mol. The van der Waals surface area contributed by atoms with E-state index < -0.39 is 10.0 Å². The van der Waals surface area contributed by atoms with Crippen molar-refractivity contribution in [1.82, 2.24) is 9.29 Å². The fourth-order valence-corrected chi connectivity index (χ4v) is 3.43. The van der Waals surface area contributed by atoms with E-state index in [1.54, 1.807) is 24.5 Å². The average molecular weight is 326 g/mol. The first-order valence-corrected chi connectivity index (χ1v) is 8.28. The monoisotopic (exact) mass is 326 g/mol. The Kier molecular flexibility index (Phi) is 5.42. The van der Waals surface area contributed by atoms with Gasteiger partial charge in [-0.1, -0.05) is 6.07 Å². The molecule has 23 heavy (non-hydrogen) atoms. The highest BCUT2D eigenvalue weighted by Crippen LogP contribution is 2.19. The first kappa shape index (κ1) is 16.6. The first-order valence-electron chi connectivity index (χ1n) is 6.84. The number of rotatable bonds is 6. The van der Waals surface area contributed by atoms with Gasteiger partial charge in [0.05, 0.1) is 22.6 Å². The predicted molar refractivity (Wildman–Crippen MR) is 83.2 cm³/mol. The van der Waals surface area contributed by atoms with Crippen molar-refractivity contribution in [3.8, 4) is 12.1 Å². The van der Waals surface area contributed by atoms with Gasteiger partial charge in [-0.2, -0.15) is 14.8 Å². The zero-order valence-corrected chi connectivity index (χ0v) is 13.1. The lowest BCUT2D eigenvalue weighted by Gasteiger charge is -2.21. The van der Waals surface area contributed by atoms with Gasteiger partial charge in [-0.3, -0.25) is 4.98 Å². The van der Waals surface area contributed by atoms with Gasteiger partial charge in [-0.25, -0.2) is 8.42 Å². The molecule has 0 amide bonds. The summed E-state index contributed by atoms with van der Waals surface area (Å²) in [5.74, 6) is 0. The van der Waals surface area contributed by atoms with Crippen LogP contribution >= 0.6 is 0 Å². The van der Waals surface area contributed by atoms with Gasteiger partial charge >= 0.3 is 0 Å². The maximum Gasteiger partial charge on any atom is 0.243 e. The molecule has 0 bridgehead atoms. The molecule has 0 fully saturated rings. The number of aromatic nitrogens is 1. The van der Waals surface area contributed by atoms with E-state index in [0.29, 0.717) is 5.56 Å². The third kappa shape index (κ3) is 4.13. The van der Waals surface area contributed by atoms with E-state index in [0.717, 1.165) is 5.56 Å². The summed E-state index contributed by atoms with van der Waals surface area (Å²) >= 11 is 0. The molecule has 0 N–H and O–H groups in total. The van der Waals surface area contributed by atoms with Crippen LogP contribution in [0.1, 0.15) is 17.5 Å². The quantitative estimate of drug-likeness (QED) is 0.809. The van der Waals surface area contributed by atoms with Crippen LogP contribution in [0.5, 0.6) is 0 Å². The molecule has 1 heterocycles. The molecule has 2 aromatic rings. The molecule has 6 nitrogen and oxygen atoms in total. The lowest BCUT2D eigenvalue weighted by atomic mass is 10.2. The lowest BCUT2D eigenvalue weighted by Crippen LogP contribution is -2.31. The van der Waals surface area contributed by atoms with E-state index in [1.807, 2.05) is 12.1 Å². The van der Waals surface area contributed by atoms with Crippen molar-refractivity contribution in [2.75, 3.05) is 6.54 Å². The molecule has 0 unspecified atom stereocenters. The molecule has 7 heteroatoms. The highest BCUT2D eigenvalue weighted by molar-refractivity contribution is 7.89. The minimum Gasteiger partial charge on any atom is -0.264 e. The van der Waals surface area contributed by atoms with Crippen molar-refractivity contribution in [1.29, 1.82) is 10.5 Å². The summed E-state index contributed by atoms with van der Waals surface area (Å²) in [6, 6.07) is 13.1. The highest BCUT2D eigenvalue weighted by Gasteiger charge is 2.24. The molecule has 1 aromatic heterocycles. The Morgan fingerprint density at radius 2 is 1.87 bits per heavy atom. The van der Waals surface area contributed by atoms with Crippen molar-refractivity contribution in [2.45, 2.75) is 17.9 Å². The van der Waals surface area contributed by atoms with Crippen LogP contribution in [0.4, 0.5) is 0 Å². The molecule has 0 atom stereocenters. The van der Waals surface area contributed by atoms with Crippen molar-refractivity contribution in [3.05, 3.63) is 59.9 Å². The molecule has 0 aliphatic rings. The normalized spacial score (nSPS) is 10.9. The Hall–Kier alpha value is -2.74.